The number of piperidine rings is 1. The first-order valence-electron chi connectivity index (χ1n) is 27.3. The van der Waals surface area contributed by atoms with Crippen molar-refractivity contribution in [3.63, 3.8) is 0 Å². The van der Waals surface area contributed by atoms with E-state index in [0.717, 1.165) is 11.4 Å². The van der Waals surface area contributed by atoms with Crippen LogP contribution < -0.4 is 25.4 Å². The Balaban J connectivity index is 1.20. The smallest absolute Gasteiger partial charge is 0.410 e. The van der Waals surface area contributed by atoms with E-state index in [9.17, 15) is 42.0 Å². The van der Waals surface area contributed by atoms with E-state index >= 15 is 0 Å². The van der Waals surface area contributed by atoms with E-state index < -0.39 is 75.5 Å². The highest BCUT2D eigenvalue weighted by Gasteiger charge is 2.44. The molecule has 0 spiro atoms. The molecule has 4 N–H and O–H groups in total. The molecule has 3 aliphatic rings. The number of halogens is 2. The van der Waals surface area contributed by atoms with Crippen LogP contribution in [0.15, 0.2) is 36.4 Å². The van der Waals surface area contributed by atoms with Crippen molar-refractivity contribution in [1.29, 1.82) is 0 Å². The molecule has 5 rings (SSSR count). The van der Waals surface area contributed by atoms with E-state index in [1.165, 1.54) is 14.2 Å². The molecular weight excluding hydrogens is 1170 g/mol. The van der Waals surface area contributed by atoms with Gasteiger partial charge in [0.05, 0.1) is 65.9 Å². The molecule has 7 amide bonds. The van der Waals surface area contributed by atoms with Crippen molar-refractivity contribution < 1.29 is 56.2 Å². The van der Waals surface area contributed by atoms with Gasteiger partial charge in [0.2, 0.25) is 33.7 Å². The summed E-state index contributed by atoms with van der Waals surface area (Å²) in [6.45, 7) is 11.0. The van der Waals surface area contributed by atoms with Crippen molar-refractivity contribution in [3.05, 3.63) is 58.9 Å². The van der Waals surface area contributed by atoms with Crippen LogP contribution in [0.4, 0.5) is 4.79 Å². The van der Waals surface area contributed by atoms with Crippen LogP contribution in [0.25, 0.3) is 0 Å². The van der Waals surface area contributed by atoms with Crippen LogP contribution in [-0.2, 0) is 60.6 Å². The van der Waals surface area contributed by atoms with Crippen molar-refractivity contribution in [2.45, 2.75) is 145 Å². The molecule has 0 radical (unpaired) electrons. The summed E-state index contributed by atoms with van der Waals surface area (Å²) in [5.74, 6) is -3.14. The van der Waals surface area contributed by atoms with Gasteiger partial charge in [-0.3, -0.25) is 43.4 Å². The lowest BCUT2D eigenvalue weighted by Gasteiger charge is -2.39. The van der Waals surface area contributed by atoms with E-state index in [-0.39, 0.29) is 66.5 Å². The van der Waals surface area contributed by atoms with Gasteiger partial charge in [-0.2, -0.15) is 0 Å². The van der Waals surface area contributed by atoms with Crippen LogP contribution in [0.5, 0.6) is 5.75 Å². The van der Waals surface area contributed by atoms with Crippen LogP contribution in [0.3, 0.4) is 0 Å². The summed E-state index contributed by atoms with van der Waals surface area (Å²) in [6, 6.07) is 7.06. The average molecular weight is 1250 g/mol. The second-order valence-electron chi connectivity index (χ2n) is 21.7. The molecule has 79 heavy (non-hydrogen) atoms. The van der Waals surface area contributed by atoms with E-state index in [2.05, 4.69) is 57.5 Å². The molecule has 1 aliphatic carbocycles. The molecule has 1 saturated carbocycles. The Hall–Kier alpha value is -4.75. The number of benzene rings is 1. The van der Waals surface area contributed by atoms with Gasteiger partial charge in [0.15, 0.2) is 0 Å². The number of ether oxygens (including phenoxy) is 3. The van der Waals surface area contributed by atoms with Gasteiger partial charge in [0.25, 0.3) is 11.8 Å². The fourth-order valence-electron chi connectivity index (χ4n) is 10.7. The Labute approximate surface area is 483 Å². The highest BCUT2D eigenvalue weighted by molar-refractivity contribution is 9.08. The monoisotopic (exact) mass is 1250 g/mol. The molecule has 8 atom stereocenters. The molecular formula is C55H83Br2N9O12S. The van der Waals surface area contributed by atoms with E-state index in [4.69, 9.17) is 14.2 Å². The second-order valence-corrected chi connectivity index (χ2v) is 24.8. The number of carbonyl (C=O) groups is 7. The van der Waals surface area contributed by atoms with Gasteiger partial charge in [0.1, 0.15) is 11.8 Å². The molecule has 1 aromatic carbocycles. The number of pyridine rings is 1. The summed E-state index contributed by atoms with van der Waals surface area (Å²) in [4.78, 5) is 107. The number of rotatable bonds is 28. The first kappa shape index (κ1) is 65.1. The van der Waals surface area contributed by atoms with Gasteiger partial charge in [-0.1, -0.05) is 85.0 Å². The summed E-state index contributed by atoms with van der Waals surface area (Å²) < 4.78 is 45.9. The second kappa shape index (κ2) is 30.3. The van der Waals surface area contributed by atoms with Gasteiger partial charge in [-0.15, -0.1) is 0 Å². The van der Waals surface area contributed by atoms with Crippen molar-refractivity contribution in [2.75, 3.05) is 68.1 Å². The van der Waals surface area contributed by atoms with Crippen LogP contribution in [-0.4, -0.2) is 184 Å². The Kier molecular flexibility index (Phi) is 25.0. The Morgan fingerprint density at radius 1 is 0.823 bits per heavy atom. The van der Waals surface area contributed by atoms with Crippen molar-refractivity contribution in [1.82, 2.24) is 45.3 Å². The molecule has 2 aliphatic heterocycles. The summed E-state index contributed by atoms with van der Waals surface area (Å²) in [7, 11) is 4.23. The summed E-state index contributed by atoms with van der Waals surface area (Å²) >= 11 is 6.81. The maximum absolute atomic E-state index is 14.4. The number of likely N-dealkylation sites (tertiary alicyclic amines) is 2. The number of hydrogen-bond donors (Lipinski definition) is 4. The molecule has 440 valence electrons. The normalized spacial score (nSPS) is 18.7. The average Bonchev–Trinajstić information content (AvgIpc) is 4.24. The summed E-state index contributed by atoms with van der Waals surface area (Å²) in [5, 5.41) is 8.94. The maximum atomic E-state index is 14.4. The first-order chi connectivity index (χ1) is 37.5. The lowest BCUT2D eigenvalue weighted by Crippen LogP contribution is -2.56. The number of alkyl halides is 2. The summed E-state index contributed by atoms with van der Waals surface area (Å²) in [5.41, 5.74) is 2.60. The first-order valence-corrected chi connectivity index (χ1v) is 31.1. The Morgan fingerprint density at radius 3 is 2.00 bits per heavy atom. The summed E-state index contributed by atoms with van der Waals surface area (Å²) in [6.07, 6.45) is 1.68. The topological polar surface area (TPSA) is 255 Å². The minimum absolute atomic E-state index is 0.0151. The number of nitrogens with one attached hydrogen (secondary N) is 4. The van der Waals surface area contributed by atoms with Gasteiger partial charge < -0.3 is 44.9 Å². The zero-order chi connectivity index (χ0) is 58.3. The SMILES string of the molecule is CC[C@H](C)[C@@H]([C@@H](CC(=O)N1CCC[C@H]1[C@H](OC)[C@@H](C)C(=O)N[C@@H](Cc1ccc(OC(=O)N2CCC(CNC(=O)c3cc(CBr)nc(CBr)c3)CC2)cc1)C(=O)NS(=O)(=O)C1CC1)OC)N(C)C(=O)CNC(=O)C(C(C)C)N(C)C. The predicted molar refractivity (Wildman–Crippen MR) is 306 cm³/mol. The van der Waals surface area contributed by atoms with Crippen molar-refractivity contribution in [2.24, 2.45) is 23.7 Å². The van der Waals surface area contributed by atoms with E-state index in [1.807, 2.05) is 46.7 Å². The number of sulfonamides is 1. The van der Waals surface area contributed by atoms with E-state index in [1.54, 1.807) is 65.1 Å². The van der Waals surface area contributed by atoms with Gasteiger partial charge >= 0.3 is 6.09 Å². The molecule has 1 aromatic heterocycles. The highest BCUT2D eigenvalue weighted by Crippen LogP contribution is 2.31. The zero-order valence-electron chi connectivity index (χ0n) is 47.4. The third-order valence-electron chi connectivity index (χ3n) is 15.5. The van der Waals surface area contributed by atoms with Gasteiger partial charge in [-0.05, 0) is 100 Å². The third-order valence-corrected chi connectivity index (χ3v) is 18.5. The minimum atomic E-state index is -4.00. The largest absolute Gasteiger partial charge is 0.415 e. The molecule has 0 bridgehead atoms. The number of hydrogen-bond acceptors (Lipinski definition) is 14. The number of nitrogens with zero attached hydrogens (tertiary/aromatic N) is 5. The maximum Gasteiger partial charge on any atom is 0.415 e. The Morgan fingerprint density at radius 2 is 1.46 bits per heavy atom. The highest BCUT2D eigenvalue weighted by atomic mass is 79.9. The van der Waals surface area contributed by atoms with Gasteiger partial charge in [0, 0.05) is 70.1 Å². The minimum Gasteiger partial charge on any atom is -0.410 e. The molecule has 2 aromatic rings. The van der Waals surface area contributed by atoms with Crippen molar-refractivity contribution in [3.8, 4) is 5.75 Å². The molecule has 21 nitrogen and oxygen atoms in total. The zero-order valence-corrected chi connectivity index (χ0v) is 51.4. The fraction of sp³-hybridized carbons (Fsp3) is 0.673. The number of aromatic nitrogens is 1. The van der Waals surface area contributed by atoms with Crippen molar-refractivity contribution >= 4 is 83.4 Å². The number of likely N-dealkylation sites (N-methyl/N-ethyl adjacent to an activating group) is 2. The lowest BCUT2D eigenvalue weighted by molar-refractivity contribution is -0.146. The molecule has 3 fully saturated rings. The lowest BCUT2D eigenvalue weighted by atomic mass is 9.90. The standard InChI is InChI=1S/C55H83Br2N9O12S/c1-11-34(4)49(64(8)47(68)32-59-54(72)48(33(2)3)63(6)7)45(76-9)28-46(67)66-22-12-13-44(66)50(77-10)35(5)51(69)61-43(53(71)62-79(74,75)42-18-19-42)25-36-14-16-41(17-15-36)78-55(73)65-23-20-37(21-24-65)31-58-52(70)38-26-39(29-56)60-40(27-38)30-57/h14-17,26-27,33-35,37,42-45,48-50H,11-13,18-25,28-32H2,1-10H3,(H,58,70)(H,59,72)(H,61,69)(H,62,71)/t34-,35+,43-,44-,45+,48?,49-,50+/m0/s1. The fourth-order valence-corrected chi connectivity index (χ4v) is 12.6. The number of carbonyl (C=O) groups excluding carboxylic acids is 7. The predicted octanol–water partition coefficient (Wildman–Crippen LogP) is 4.77. The quantitative estimate of drug-likeness (QED) is 0.0838. The molecule has 24 heteroatoms. The molecule has 3 heterocycles. The van der Waals surface area contributed by atoms with Crippen LogP contribution in [0.1, 0.15) is 113 Å². The van der Waals surface area contributed by atoms with Crippen LogP contribution >= 0.6 is 31.9 Å². The molecule has 2 saturated heterocycles. The van der Waals surface area contributed by atoms with Gasteiger partial charge in [-0.25, -0.2) is 13.2 Å². The van der Waals surface area contributed by atoms with Crippen LogP contribution in [0.2, 0.25) is 0 Å². The number of methoxy groups -OCH3 is 2. The van der Waals surface area contributed by atoms with E-state index in [0.29, 0.717) is 92.9 Å². The van der Waals surface area contributed by atoms with Crippen LogP contribution in [0, 0.1) is 23.7 Å². The number of amides is 7. The Bertz CT molecular complexity index is 2500. The third kappa shape index (κ3) is 18.1. The molecule has 1 unspecified atom stereocenters.